The lowest BCUT2D eigenvalue weighted by molar-refractivity contribution is -0.133. The molecule has 2 aromatic rings. The Balaban J connectivity index is 1.89. The highest BCUT2D eigenvalue weighted by atomic mass is 32.2. The highest BCUT2D eigenvalue weighted by molar-refractivity contribution is 7.99. The topological polar surface area (TPSA) is 71.2 Å². The van der Waals surface area contributed by atoms with Gasteiger partial charge in [-0.05, 0) is 38.1 Å². The summed E-state index contributed by atoms with van der Waals surface area (Å²) in [5.41, 5.74) is 1.68. The third kappa shape index (κ3) is 3.19. The predicted molar refractivity (Wildman–Crippen MR) is 81.5 cm³/mol. The van der Waals surface area contributed by atoms with E-state index in [-0.39, 0.29) is 5.75 Å². The van der Waals surface area contributed by atoms with Crippen molar-refractivity contribution in [3.8, 4) is 0 Å². The number of likely N-dealkylation sites (tertiary alicyclic amines) is 1. The minimum Gasteiger partial charge on any atom is -0.481 e. The van der Waals surface area contributed by atoms with Gasteiger partial charge in [-0.2, -0.15) is 0 Å². The van der Waals surface area contributed by atoms with Crippen LogP contribution in [0.1, 0.15) is 6.42 Å². The molecular formula is C14H18N4O2S. The third-order valence-corrected chi connectivity index (χ3v) is 4.68. The molecule has 1 atom stereocenters. The number of hydrogen-bond acceptors (Lipinski definition) is 5. The standard InChI is InChI=1S/C14H18N4O2S/c1-17-6-4-10(7-17)8-18-13-11(3-2-5-15-13)16-14(18)21-9-12(19)20/h2-3,5,10H,4,6-9H2,1H3,(H,19,20). The molecule has 1 unspecified atom stereocenters. The van der Waals surface area contributed by atoms with Crippen molar-refractivity contribution in [2.75, 3.05) is 25.9 Å². The average molecular weight is 306 g/mol. The number of carboxylic acids is 1. The van der Waals surface area contributed by atoms with Gasteiger partial charge in [0.15, 0.2) is 10.8 Å². The molecule has 1 aliphatic heterocycles. The number of fused-ring (bicyclic) bond motifs is 1. The molecule has 1 saturated heterocycles. The van der Waals surface area contributed by atoms with Gasteiger partial charge in [0.1, 0.15) is 5.52 Å². The largest absolute Gasteiger partial charge is 0.481 e. The Morgan fingerprint density at radius 3 is 3.14 bits per heavy atom. The lowest BCUT2D eigenvalue weighted by Gasteiger charge is -2.13. The first kappa shape index (κ1) is 14.3. The molecule has 1 fully saturated rings. The first-order chi connectivity index (χ1) is 10.1. The lowest BCUT2D eigenvalue weighted by Crippen LogP contribution is -2.17. The summed E-state index contributed by atoms with van der Waals surface area (Å²) >= 11 is 1.26. The van der Waals surface area contributed by atoms with E-state index in [9.17, 15) is 4.79 Å². The summed E-state index contributed by atoms with van der Waals surface area (Å²) in [6, 6.07) is 3.78. The molecule has 0 saturated carbocycles. The molecule has 2 aromatic heterocycles. The second-order valence-electron chi connectivity index (χ2n) is 5.45. The maximum atomic E-state index is 10.8. The third-order valence-electron chi connectivity index (χ3n) is 3.72. The van der Waals surface area contributed by atoms with Gasteiger partial charge in [-0.15, -0.1) is 0 Å². The normalized spacial score (nSPS) is 19.4. The molecule has 0 aliphatic carbocycles. The molecule has 21 heavy (non-hydrogen) atoms. The van der Waals surface area contributed by atoms with E-state index >= 15 is 0 Å². The van der Waals surface area contributed by atoms with Gasteiger partial charge < -0.3 is 14.6 Å². The first-order valence-corrected chi connectivity index (χ1v) is 7.96. The molecular weight excluding hydrogens is 288 g/mol. The molecule has 0 spiro atoms. The fraction of sp³-hybridized carbons (Fsp3) is 0.500. The van der Waals surface area contributed by atoms with Crippen LogP contribution in [0.2, 0.25) is 0 Å². The molecule has 3 heterocycles. The molecule has 0 radical (unpaired) electrons. The smallest absolute Gasteiger partial charge is 0.313 e. The van der Waals surface area contributed by atoms with Crippen LogP contribution in [0.25, 0.3) is 11.2 Å². The van der Waals surface area contributed by atoms with Crippen LogP contribution < -0.4 is 0 Å². The van der Waals surface area contributed by atoms with Crippen LogP contribution in [0.4, 0.5) is 0 Å². The number of hydrogen-bond donors (Lipinski definition) is 1. The van der Waals surface area contributed by atoms with Crippen molar-refractivity contribution in [2.24, 2.45) is 5.92 Å². The van der Waals surface area contributed by atoms with E-state index in [0.717, 1.165) is 42.4 Å². The minimum atomic E-state index is -0.827. The SMILES string of the molecule is CN1CCC(Cn2c(SCC(=O)O)nc3cccnc32)C1. The van der Waals surface area contributed by atoms with Gasteiger partial charge in [0.25, 0.3) is 0 Å². The van der Waals surface area contributed by atoms with Crippen LogP contribution in [-0.2, 0) is 11.3 Å². The molecule has 3 rings (SSSR count). The van der Waals surface area contributed by atoms with Gasteiger partial charge in [-0.3, -0.25) is 4.79 Å². The van der Waals surface area contributed by atoms with Crippen molar-refractivity contribution in [3.05, 3.63) is 18.3 Å². The maximum Gasteiger partial charge on any atom is 0.313 e. The molecule has 7 heteroatoms. The number of carboxylic acid groups (broad SMARTS) is 1. The fourth-order valence-corrected chi connectivity index (χ4v) is 3.50. The number of imidazole rings is 1. The van der Waals surface area contributed by atoms with Crippen molar-refractivity contribution >= 4 is 28.9 Å². The van der Waals surface area contributed by atoms with Crippen LogP contribution in [-0.4, -0.2) is 56.4 Å². The van der Waals surface area contributed by atoms with Crippen molar-refractivity contribution in [1.82, 2.24) is 19.4 Å². The van der Waals surface area contributed by atoms with E-state index < -0.39 is 5.97 Å². The number of nitrogens with zero attached hydrogens (tertiary/aromatic N) is 4. The zero-order valence-corrected chi connectivity index (χ0v) is 12.7. The highest BCUT2D eigenvalue weighted by Crippen LogP contribution is 2.26. The van der Waals surface area contributed by atoms with Crippen molar-refractivity contribution in [2.45, 2.75) is 18.1 Å². The summed E-state index contributed by atoms with van der Waals surface area (Å²) in [6.45, 7) is 3.03. The lowest BCUT2D eigenvalue weighted by atomic mass is 10.1. The second-order valence-corrected chi connectivity index (χ2v) is 6.39. The van der Waals surface area contributed by atoms with Crippen molar-refractivity contribution in [1.29, 1.82) is 0 Å². The van der Waals surface area contributed by atoms with E-state index in [4.69, 9.17) is 5.11 Å². The Bertz CT molecular complexity index is 657. The predicted octanol–water partition coefficient (Wildman–Crippen LogP) is 1.56. The summed E-state index contributed by atoms with van der Waals surface area (Å²) in [7, 11) is 2.13. The first-order valence-electron chi connectivity index (χ1n) is 6.98. The minimum absolute atomic E-state index is 0.0217. The molecule has 1 N–H and O–H groups in total. The number of aliphatic carboxylic acids is 1. The Morgan fingerprint density at radius 2 is 2.43 bits per heavy atom. The van der Waals surface area contributed by atoms with Crippen LogP contribution in [0.5, 0.6) is 0 Å². The van der Waals surface area contributed by atoms with Gasteiger partial charge in [-0.1, -0.05) is 11.8 Å². The van der Waals surface area contributed by atoms with Crippen molar-refractivity contribution < 1.29 is 9.90 Å². The number of thioether (sulfide) groups is 1. The van der Waals surface area contributed by atoms with Crippen LogP contribution in [0.3, 0.4) is 0 Å². The van der Waals surface area contributed by atoms with Crippen molar-refractivity contribution in [3.63, 3.8) is 0 Å². The van der Waals surface area contributed by atoms with E-state index in [0.29, 0.717) is 5.92 Å². The Labute approximate surface area is 127 Å². The Morgan fingerprint density at radius 1 is 1.57 bits per heavy atom. The Hall–Kier alpha value is -1.60. The quantitative estimate of drug-likeness (QED) is 0.845. The van der Waals surface area contributed by atoms with Gasteiger partial charge in [-0.25, -0.2) is 9.97 Å². The van der Waals surface area contributed by atoms with E-state index in [1.54, 1.807) is 6.20 Å². The van der Waals surface area contributed by atoms with E-state index in [2.05, 4.69) is 26.5 Å². The summed E-state index contributed by atoms with van der Waals surface area (Å²) in [5.74, 6) is -0.237. The van der Waals surface area contributed by atoms with Gasteiger partial charge in [0.05, 0.1) is 5.75 Å². The van der Waals surface area contributed by atoms with Gasteiger partial charge in [0.2, 0.25) is 0 Å². The number of carbonyl (C=O) groups is 1. The summed E-state index contributed by atoms with van der Waals surface area (Å²) in [6.07, 6.45) is 2.92. The molecule has 1 aliphatic rings. The van der Waals surface area contributed by atoms with E-state index in [1.165, 1.54) is 11.8 Å². The maximum absolute atomic E-state index is 10.8. The van der Waals surface area contributed by atoms with Crippen LogP contribution in [0, 0.1) is 5.92 Å². The molecule has 0 bridgehead atoms. The Kier molecular flexibility index (Phi) is 4.12. The monoisotopic (exact) mass is 306 g/mol. The van der Waals surface area contributed by atoms with Gasteiger partial charge >= 0.3 is 5.97 Å². The summed E-state index contributed by atoms with van der Waals surface area (Å²) in [5, 5.41) is 9.63. The molecule has 112 valence electrons. The fourth-order valence-electron chi connectivity index (χ4n) is 2.77. The molecule has 0 aromatic carbocycles. The number of pyridine rings is 1. The molecule has 6 nitrogen and oxygen atoms in total. The highest BCUT2D eigenvalue weighted by Gasteiger charge is 2.23. The summed E-state index contributed by atoms with van der Waals surface area (Å²) in [4.78, 5) is 22.1. The second kappa shape index (κ2) is 6.03. The van der Waals surface area contributed by atoms with Crippen LogP contribution >= 0.6 is 11.8 Å². The van der Waals surface area contributed by atoms with Crippen LogP contribution in [0.15, 0.2) is 23.5 Å². The van der Waals surface area contributed by atoms with Gasteiger partial charge in [0, 0.05) is 19.3 Å². The summed E-state index contributed by atoms with van der Waals surface area (Å²) < 4.78 is 2.08. The number of aromatic nitrogens is 3. The van der Waals surface area contributed by atoms with E-state index in [1.807, 2.05) is 12.1 Å². The molecule has 0 amide bonds. The number of rotatable bonds is 5. The average Bonchev–Trinajstić information content (AvgIpc) is 3.01. The zero-order chi connectivity index (χ0) is 14.8. The zero-order valence-electron chi connectivity index (χ0n) is 11.9.